The molecule has 1 aliphatic rings. The van der Waals surface area contributed by atoms with E-state index >= 15 is 0 Å². The number of halogens is 1. The summed E-state index contributed by atoms with van der Waals surface area (Å²) < 4.78 is 12.9. The predicted octanol–water partition coefficient (Wildman–Crippen LogP) is 5.74. The van der Waals surface area contributed by atoms with Crippen LogP contribution in [-0.2, 0) is 0 Å². The van der Waals surface area contributed by atoms with Crippen molar-refractivity contribution < 1.29 is 4.39 Å². The van der Waals surface area contributed by atoms with Gasteiger partial charge in [0.2, 0.25) is 0 Å². The number of hydrogen-bond acceptors (Lipinski definition) is 0. The average Bonchev–Trinajstić information content (AvgIpc) is 2.63. The molecule has 0 aliphatic carbocycles. The van der Waals surface area contributed by atoms with Gasteiger partial charge in [0.05, 0.1) is 0 Å². The van der Waals surface area contributed by atoms with E-state index < -0.39 is 8.80 Å². The molecule has 1 aliphatic heterocycles. The van der Waals surface area contributed by atoms with Gasteiger partial charge in [-0.05, 0) is 60.7 Å². The summed E-state index contributed by atoms with van der Waals surface area (Å²) in [5.74, 6) is 6.80. The van der Waals surface area contributed by atoms with Gasteiger partial charge >= 0.3 is 0 Å². The molecule has 124 valence electrons. The Kier molecular flexibility index (Phi) is 5.88. The fraction of sp³-hybridized carbons (Fsp3) is 0.364. The van der Waals surface area contributed by atoms with Crippen molar-refractivity contribution in [3.05, 3.63) is 71.0 Å². The van der Waals surface area contributed by atoms with Gasteiger partial charge in [-0.3, -0.25) is 0 Å². The fourth-order valence-electron chi connectivity index (χ4n) is 3.71. The van der Waals surface area contributed by atoms with E-state index in [4.69, 9.17) is 0 Å². The quantitative estimate of drug-likeness (QED) is 0.495. The van der Waals surface area contributed by atoms with Gasteiger partial charge in [-0.15, -0.1) is 0 Å². The zero-order valence-electron chi connectivity index (χ0n) is 14.4. The first-order valence-electron chi connectivity index (χ1n) is 9.12. The molecule has 0 radical (unpaired) electrons. The van der Waals surface area contributed by atoms with Crippen molar-refractivity contribution in [3.8, 4) is 11.8 Å². The largest absolute Gasteiger partial charge is 0.207 e. The van der Waals surface area contributed by atoms with Gasteiger partial charge < -0.3 is 0 Å². The summed E-state index contributed by atoms with van der Waals surface area (Å²) in [6.45, 7) is 2.32. The van der Waals surface area contributed by atoms with Crippen LogP contribution in [0.3, 0.4) is 0 Å². The van der Waals surface area contributed by atoms with E-state index in [1.807, 2.05) is 0 Å². The van der Waals surface area contributed by atoms with Crippen molar-refractivity contribution >= 4 is 8.80 Å². The molecule has 0 amide bonds. The van der Waals surface area contributed by atoms with Crippen LogP contribution in [0.25, 0.3) is 0 Å². The molecule has 0 aromatic heterocycles. The molecule has 2 heteroatoms. The minimum absolute atomic E-state index is 0.221. The summed E-state index contributed by atoms with van der Waals surface area (Å²) in [6, 6.07) is 19.7. The molecule has 0 N–H and O–H groups in total. The summed E-state index contributed by atoms with van der Waals surface area (Å²) >= 11 is 0. The van der Waals surface area contributed by atoms with Crippen molar-refractivity contribution in [1.82, 2.24) is 0 Å². The highest BCUT2D eigenvalue weighted by molar-refractivity contribution is 6.59. The molecule has 0 atom stereocenters. The number of rotatable bonds is 3. The van der Waals surface area contributed by atoms with Crippen molar-refractivity contribution in [2.24, 2.45) is 0 Å². The molecule has 1 heterocycles. The number of benzene rings is 2. The molecule has 0 nitrogen and oxygen atoms in total. The molecule has 1 fully saturated rings. The van der Waals surface area contributed by atoms with Gasteiger partial charge in [0, 0.05) is 19.9 Å². The second kappa shape index (κ2) is 8.31. The van der Waals surface area contributed by atoms with Crippen LogP contribution in [0.5, 0.6) is 0 Å². The van der Waals surface area contributed by atoms with Crippen LogP contribution in [0, 0.1) is 17.7 Å². The molecule has 24 heavy (non-hydrogen) atoms. The third-order valence-corrected chi connectivity index (χ3v) is 8.81. The van der Waals surface area contributed by atoms with E-state index in [1.165, 1.54) is 55.1 Å². The second-order valence-electron chi connectivity index (χ2n) is 6.89. The molecular formula is C22H25FSi. The highest BCUT2D eigenvalue weighted by Gasteiger charge is 2.22. The molecule has 1 saturated heterocycles. The Morgan fingerprint density at radius 2 is 1.46 bits per heavy atom. The molecule has 0 bridgehead atoms. The van der Waals surface area contributed by atoms with E-state index in [0.717, 1.165) is 17.0 Å². The van der Waals surface area contributed by atoms with Crippen molar-refractivity contribution in [1.29, 1.82) is 0 Å². The van der Waals surface area contributed by atoms with Crippen LogP contribution in [0.1, 0.15) is 48.8 Å². The van der Waals surface area contributed by atoms with Crippen LogP contribution in [-0.4, -0.2) is 8.80 Å². The first-order valence-corrected chi connectivity index (χ1v) is 11.6. The van der Waals surface area contributed by atoms with Gasteiger partial charge in [0.1, 0.15) is 5.82 Å². The minimum Gasteiger partial charge on any atom is -0.207 e. The Balaban J connectivity index is 1.61. The molecule has 3 rings (SSSR count). The summed E-state index contributed by atoms with van der Waals surface area (Å²) in [4.78, 5) is 0. The maximum atomic E-state index is 12.9. The van der Waals surface area contributed by atoms with Crippen LogP contribution in [0.4, 0.5) is 4.39 Å². The predicted molar refractivity (Wildman–Crippen MR) is 103 cm³/mol. The van der Waals surface area contributed by atoms with Crippen LogP contribution in [0.15, 0.2) is 48.5 Å². The molecule has 0 spiro atoms. The van der Waals surface area contributed by atoms with Crippen LogP contribution in [0.2, 0.25) is 18.1 Å². The van der Waals surface area contributed by atoms with Gasteiger partial charge in [-0.2, -0.15) is 0 Å². The Labute approximate surface area is 146 Å². The van der Waals surface area contributed by atoms with Crippen molar-refractivity contribution in [2.45, 2.75) is 50.2 Å². The Hall–Kier alpha value is -1.85. The average molecular weight is 337 g/mol. The van der Waals surface area contributed by atoms with Crippen molar-refractivity contribution in [2.75, 3.05) is 0 Å². The molecule has 0 unspecified atom stereocenters. The smallest absolute Gasteiger partial charge is 0.123 e. The normalized spacial score (nSPS) is 20.2. The molecule has 2 aromatic rings. The lowest BCUT2D eigenvalue weighted by molar-refractivity contribution is 0.606. The zero-order chi connectivity index (χ0) is 16.8. The monoisotopic (exact) mass is 336 g/mol. The van der Waals surface area contributed by atoms with Gasteiger partial charge in [0.15, 0.2) is 0 Å². The van der Waals surface area contributed by atoms with E-state index in [1.54, 1.807) is 12.1 Å². The third-order valence-electron chi connectivity index (χ3n) is 5.12. The lowest BCUT2D eigenvalue weighted by atomic mass is 9.93. The topological polar surface area (TPSA) is 0 Å². The van der Waals surface area contributed by atoms with Crippen molar-refractivity contribution in [3.63, 3.8) is 0 Å². The Morgan fingerprint density at radius 1 is 0.917 bits per heavy atom. The zero-order valence-corrected chi connectivity index (χ0v) is 15.5. The maximum absolute atomic E-state index is 12.9. The van der Waals surface area contributed by atoms with E-state index in [2.05, 4.69) is 43.0 Å². The molecular weight excluding hydrogens is 311 g/mol. The van der Waals surface area contributed by atoms with Gasteiger partial charge in [-0.1, -0.05) is 55.5 Å². The maximum Gasteiger partial charge on any atom is 0.123 e. The Bertz CT molecular complexity index is 698. The summed E-state index contributed by atoms with van der Waals surface area (Å²) in [7, 11) is -0.397. The summed E-state index contributed by atoms with van der Waals surface area (Å²) in [5, 5.41) is 0. The van der Waals surface area contributed by atoms with E-state index in [9.17, 15) is 4.39 Å². The van der Waals surface area contributed by atoms with Crippen LogP contribution >= 0.6 is 0 Å². The van der Waals surface area contributed by atoms with Gasteiger partial charge in [-0.25, -0.2) is 4.39 Å². The minimum atomic E-state index is -0.397. The first kappa shape index (κ1) is 17.0. The van der Waals surface area contributed by atoms with E-state index in [-0.39, 0.29) is 5.82 Å². The summed E-state index contributed by atoms with van der Waals surface area (Å²) in [5.41, 5.74) is 3.35. The summed E-state index contributed by atoms with van der Waals surface area (Å²) in [6.07, 6.45) is 4.15. The third kappa shape index (κ3) is 4.58. The first-order chi connectivity index (χ1) is 11.7. The fourth-order valence-corrected chi connectivity index (χ4v) is 7.14. The standard InChI is InChI=1S/C22H25FSi/c1-2-15-24-16-13-21(14-17-24)20-9-5-18(6-10-20)3-4-19-7-11-22(23)12-8-19/h5-12,21,24H,2,13-17H2,1H3. The number of hydrogen-bond donors (Lipinski definition) is 0. The SMILES string of the molecule is CCC[SiH]1CCC(c2ccc(C#Cc3ccc(F)cc3)cc2)CC1. The lowest BCUT2D eigenvalue weighted by Crippen LogP contribution is -2.19. The second-order valence-corrected chi connectivity index (χ2v) is 10.3. The molecule has 0 saturated carbocycles. The Morgan fingerprint density at radius 3 is 2.00 bits per heavy atom. The molecule has 2 aromatic carbocycles. The lowest BCUT2D eigenvalue weighted by Gasteiger charge is -2.27. The highest BCUT2D eigenvalue weighted by Crippen LogP contribution is 2.34. The van der Waals surface area contributed by atoms with Gasteiger partial charge in [0.25, 0.3) is 0 Å². The van der Waals surface area contributed by atoms with E-state index in [0.29, 0.717) is 0 Å². The highest BCUT2D eigenvalue weighted by atomic mass is 28.3. The van der Waals surface area contributed by atoms with Crippen LogP contribution < -0.4 is 0 Å².